The molecule has 146 valence electrons. The summed E-state index contributed by atoms with van der Waals surface area (Å²) in [4.78, 5) is 20.7. The van der Waals surface area contributed by atoms with Gasteiger partial charge in [0.1, 0.15) is 5.69 Å². The molecule has 2 N–H and O–H groups in total. The van der Waals surface area contributed by atoms with Gasteiger partial charge in [0.15, 0.2) is 11.6 Å². The Kier molecular flexibility index (Phi) is 4.95. The highest BCUT2D eigenvalue weighted by atomic mass is 16.5. The molecule has 7 nitrogen and oxygen atoms in total. The number of anilines is 1. The number of ether oxygens (including phenoxy) is 1. The molecule has 1 atom stereocenters. The molecule has 1 aromatic carbocycles. The first-order chi connectivity index (χ1) is 14.0. The third-order valence-electron chi connectivity index (χ3n) is 4.74. The number of nitrogens with zero attached hydrogens (tertiary/aromatic N) is 4. The van der Waals surface area contributed by atoms with Crippen molar-refractivity contribution in [2.75, 3.05) is 12.8 Å². The van der Waals surface area contributed by atoms with Gasteiger partial charge in [-0.25, -0.2) is 9.97 Å². The van der Waals surface area contributed by atoms with E-state index in [9.17, 15) is 4.79 Å². The fourth-order valence-corrected chi connectivity index (χ4v) is 3.13. The number of hydrazone groups is 1. The number of nitrogen functional groups attached to an aromatic ring is 1. The number of carbonyl (C=O) groups is 1. The number of hydrogen-bond donors (Lipinski definition) is 1. The van der Waals surface area contributed by atoms with Crippen LogP contribution in [0.5, 0.6) is 0 Å². The van der Waals surface area contributed by atoms with E-state index in [2.05, 4.69) is 10.1 Å². The van der Waals surface area contributed by atoms with Crippen molar-refractivity contribution in [1.82, 2.24) is 15.0 Å². The molecule has 1 aliphatic carbocycles. The SMILES string of the molecule is CC(=O)C1=CC=C(c2cnc(N)c(C3OC(c4ccccc4)=NN3C)n2)C=CC1. The molecule has 4 rings (SSSR count). The fourth-order valence-electron chi connectivity index (χ4n) is 3.13. The second-order valence-electron chi connectivity index (χ2n) is 6.82. The molecule has 0 bridgehead atoms. The Balaban J connectivity index is 1.64. The molecular formula is C22H21N5O2. The van der Waals surface area contributed by atoms with Crippen molar-refractivity contribution in [2.24, 2.45) is 5.10 Å². The zero-order chi connectivity index (χ0) is 20.4. The highest BCUT2D eigenvalue weighted by Crippen LogP contribution is 2.31. The predicted molar refractivity (Wildman–Crippen MR) is 112 cm³/mol. The molecule has 0 radical (unpaired) electrons. The van der Waals surface area contributed by atoms with Crippen molar-refractivity contribution in [2.45, 2.75) is 19.6 Å². The number of allylic oxidation sites excluding steroid dienone is 6. The lowest BCUT2D eigenvalue weighted by molar-refractivity contribution is -0.113. The van der Waals surface area contributed by atoms with Crippen LogP contribution in [-0.4, -0.2) is 33.7 Å². The molecule has 2 aromatic rings. The Morgan fingerprint density at radius 1 is 1.24 bits per heavy atom. The normalized spacial score (nSPS) is 18.5. The summed E-state index contributed by atoms with van der Waals surface area (Å²) < 4.78 is 6.04. The Labute approximate surface area is 168 Å². The number of Topliss-reactive ketones (excluding diaryl/α,β-unsaturated/α-hetero) is 1. The van der Waals surface area contributed by atoms with Crippen molar-refractivity contribution < 1.29 is 9.53 Å². The highest BCUT2D eigenvalue weighted by molar-refractivity contribution is 5.95. The quantitative estimate of drug-likeness (QED) is 0.866. The van der Waals surface area contributed by atoms with Gasteiger partial charge in [-0.1, -0.05) is 42.5 Å². The monoisotopic (exact) mass is 387 g/mol. The summed E-state index contributed by atoms with van der Waals surface area (Å²) in [7, 11) is 1.81. The van der Waals surface area contributed by atoms with Gasteiger partial charge in [0.2, 0.25) is 12.1 Å². The number of carbonyl (C=O) groups excluding carboxylic acids is 1. The summed E-state index contributed by atoms with van der Waals surface area (Å²) in [6.07, 6.45) is 9.21. The van der Waals surface area contributed by atoms with Crippen molar-refractivity contribution in [3.8, 4) is 0 Å². The lowest BCUT2D eigenvalue weighted by Crippen LogP contribution is -2.20. The van der Waals surface area contributed by atoms with Crippen LogP contribution in [0.25, 0.3) is 5.57 Å². The number of aromatic nitrogens is 2. The van der Waals surface area contributed by atoms with Crippen LogP contribution in [0.2, 0.25) is 0 Å². The molecule has 2 aliphatic rings. The second kappa shape index (κ2) is 7.71. The third kappa shape index (κ3) is 3.80. The van der Waals surface area contributed by atoms with E-state index < -0.39 is 6.23 Å². The number of nitrogens with two attached hydrogens (primary N) is 1. The summed E-state index contributed by atoms with van der Waals surface area (Å²) in [5.74, 6) is 0.850. The van der Waals surface area contributed by atoms with Gasteiger partial charge in [-0.05, 0) is 31.1 Å². The van der Waals surface area contributed by atoms with Gasteiger partial charge in [0, 0.05) is 18.2 Å². The predicted octanol–water partition coefficient (Wildman–Crippen LogP) is 3.24. The lowest BCUT2D eigenvalue weighted by Gasteiger charge is -2.19. The van der Waals surface area contributed by atoms with Gasteiger partial charge < -0.3 is 10.5 Å². The first-order valence-corrected chi connectivity index (χ1v) is 9.27. The zero-order valence-electron chi connectivity index (χ0n) is 16.2. The van der Waals surface area contributed by atoms with E-state index in [1.165, 1.54) is 0 Å². The van der Waals surface area contributed by atoms with E-state index in [0.717, 1.165) is 16.7 Å². The van der Waals surface area contributed by atoms with Gasteiger partial charge in [-0.2, -0.15) is 0 Å². The average Bonchev–Trinajstić information content (AvgIpc) is 2.94. The van der Waals surface area contributed by atoms with E-state index in [4.69, 9.17) is 15.5 Å². The second-order valence-corrected chi connectivity index (χ2v) is 6.82. The Morgan fingerprint density at radius 2 is 2.03 bits per heavy atom. The first-order valence-electron chi connectivity index (χ1n) is 9.27. The topological polar surface area (TPSA) is 93.7 Å². The average molecular weight is 387 g/mol. The third-order valence-corrected chi connectivity index (χ3v) is 4.74. The Hall–Kier alpha value is -3.74. The lowest BCUT2D eigenvalue weighted by atomic mass is 10.1. The van der Waals surface area contributed by atoms with Crippen LogP contribution in [0.15, 0.2) is 71.5 Å². The van der Waals surface area contributed by atoms with Crippen LogP contribution in [0.4, 0.5) is 5.82 Å². The van der Waals surface area contributed by atoms with Crippen LogP contribution in [0.1, 0.15) is 36.5 Å². The van der Waals surface area contributed by atoms with Gasteiger partial charge in [-0.15, -0.1) is 5.10 Å². The molecule has 2 heterocycles. The van der Waals surface area contributed by atoms with E-state index in [1.54, 1.807) is 25.2 Å². The van der Waals surface area contributed by atoms with Crippen molar-refractivity contribution in [3.05, 3.63) is 83.4 Å². The van der Waals surface area contributed by atoms with Crippen molar-refractivity contribution >= 4 is 23.1 Å². The van der Waals surface area contributed by atoms with Crippen LogP contribution >= 0.6 is 0 Å². The molecule has 0 fully saturated rings. The minimum absolute atomic E-state index is 0.0581. The maximum absolute atomic E-state index is 11.6. The Bertz CT molecular complexity index is 1070. The molecule has 29 heavy (non-hydrogen) atoms. The number of rotatable bonds is 4. The molecule has 1 unspecified atom stereocenters. The number of benzene rings is 1. The van der Waals surface area contributed by atoms with Crippen LogP contribution in [0.3, 0.4) is 0 Å². The summed E-state index contributed by atoms with van der Waals surface area (Å²) in [6.45, 7) is 1.57. The standard InChI is InChI=1S/C22H21N5O2/c1-14(28)15-9-6-10-16(12-11-15)18-13-24-20(23)19(25-18)22-27(2)26-21(29-22)17-7-4-3-5-8-17/h3-8,10-13,22H,9H2,1-2H3,(H2,23,24). The molecule has 0 saturated carbocycles. The molecule has 1 aliphatic heterocycles. The summed E-state index contributed by atoms with van der Waals surface area (Å²) in [6, 6.07) is 9.66. The Morgan fingerprint density at radius 3 is 2.79 bits per heavy atom. The summed E-state index contributed by atoms with van der Waals surface area (Å²) in [5.41, 5.74) is 9.73. The molecule has 7 heteroatoms. The molecule has 0 spiro atoms. The van der Waals surface area contributed by atoms with Crippen molar-refractivity contribution in [3.63, 3.8) is 0 Å². The van der Waals surface area contributed by atoms with E-state index in [-0.39, 0.29) is 11.6 Å². The van der Waals surface area contributed by atoms with Gasteiger partial charge in [0.25, 0.3) is 0 Å². The number of ketones is 1. The summed E-state index contributed by atoms with van der Waals surface area (Å²) in [5, 5.41) is 6.15. The first kappa shape index (κ1) is 18.6. The van der Waals surface area contributed by atoms with Gasteiger partial charge in [0.05, 0.1) is 11.9 Å². The minimum Gasteiger partial charge on any atom is -0.444 e. The maximum Gasteiger partial charge on any atom is 0.240 e. The molecule has 0 amide bonds. The maximum atomic E-state index is 11.6. The van der Waals surface area contributed by atoms with E-state index >= 15 is 0 Å². The molecule has 1 aromatic heterocycles. The van der Waals surface area contributed by atoms with Gasteiger partial charge >= 0.3 is 0 Å². The minimum atomic E-state index is -0.573. The highest BCUT2D eigenvalue weighted by Gasteiger charge is 2.31. The molecule has 0 saturated heterocycles. The van der Waals surface area contributed by atoms with E-state index in [1.807, 2.05) is 54.6 Å². The summed E-state index contributed by atoms with van der Waals surface area (Å²) >= 11 is 0. The van der Waals surface area contributed by atoms with Crippen molar-refractivity contribution in [1.29, 1.82) is 0 Å². The van der Waals surface area contributed by atoms with E-state index in [0.29, 0.717) is 23.7 Å². The fraction of sp³-hybridized carbons (Fsp3) is 0.182. The van der Waals surface area contributed by atoms with Crippen LogP contribution in [-0.2, 0) is 9.53 Å². The zero-order valence-corrected chi connectivity index (χ0v) is 16.2. The smallest absolute Gasteiger partial charge is 0.240 e. The largest absolute Gasteiger partial charge is 0.444 e. The van der Waals surface area contributed by atoms with Crippen LogP contribution in [0, 0.1) is 0 Å². The van der Waals surface area contributed by atoms with Gasteiger partial charge in [-0.3, -0.25) is 9.80 Å². The number of hydrogen-bond acceptors (Lipinski definition) is 7. The van der Waals surface area contributed by atoms with Crippen LogP contribution < -0.4 is 5.73 Å². The molecular weight excluding hydrogens is 366 g/mol.